The van der Waals surface area contributed by atoms with Gasteiger partial charge in [-0.3, -0.25) is 4.79 Å². The van der Waals surface area contributed by atoms with E-state index in [0.29, 0.717) is 58.9 Å². The fourth-order valence-electron chi connectivity index (χ4n) is 3.59. The van der Waals surface area contributed by atoms with Crippen molar-refractivity contribution < 1.29 is 13.7 Å². The van der Waals surface area contributed by atoms with Crippen LogP contribution in [0.25, 0.3) is 17.0 Å². The van der Waals surface area contributed by atoms with Gasteiger partial charge in [0.05, 0.1) is 29.4 Å². The van der Waals surface area contributed by atoms with Gasteiger partial charge in [-0.2, -0.15) is 5.10 Å². The molecule has 3 aromatic rings. The van der Waals surface area contributed by atoms with E-state index in [-0.39, 0.29) is 5.91 Å². The Hall–Kier alpha value is -3.30. The molecule has 9 heteroatoms. The predicted octanol–water partition coefficient (Wildman–Crippen LogP) is 5.02. The van der Waals surface area contributed by atoms with Gasteiger partial charge >= 0.3 is 0 Å². The molecule has 4 rings (SSSR count). The van der Waals surface area contributed by atoms with Crippen LogP contribution in [0.2, 0.25) is 5.02 Å². The number of nitrogens with zero attached hydrogens (tertiary/aromatic N) is 3. The fraction of sp³-hybridized carbons (Fsp3) is 0.154. The second-order valence-electron chi connectivity index (χ2n) is 7.65. The van der Waals surface area contributed by atoms with Crippen molar-refractivity contribution in [2.45, 2.75) is 4.90 Å². The van der Waals surface area contributed by atoms with Crippen molar-refractivity contribution in [1.29, 1.82) is 0 Å². The summed E-state index contributed by atoms with van der Waals surface area (Å²) in [7, 11) is -1.34. The van der Waals surface area contributed by atoms with Crippen molar-refractivity contribution in [3.63, 3.8) is 0 Å². The van der Waals surface area contributed by atoms with Gasteiger partial charge in [-0.05, 0) is 42.5 Å². The molecule has 1 atom stereocenters. The lowest BCUT2D eigenvalue weighted by Crippen LogP contribution is -2.37. The molecule has 35 heavy (non-hydrogen) atoms. The first-order valence-electron chi connectivity index (χ1n) is 11.0. The van der Waals surface area contributed by atoms with Crippen LogP contribution in [-0.2, 0) is 15.7 Å². The third-order valence-electron chi connectivity index (χ3n) is 5.34. The summed E-state index contributed by atoms with van der Waals surface area (Å²) in [5.74, 6) is -0.350. The molecule has 1 aromatic heterocycles. The number of hydrogen-bond acceptors (Lipinski definition) is 4. The summed E-state index contributed by atoms with van der Waals surface area (Å²) in [4.78, 5) is 14.0. The molecule has 1 aliphatic rings. The Bertz CT molecular complexity index is 1290. The first-order valence-corrected chi connectivity index (χ1v) is 12.5. The van der Waals surface area contributed by atoms with Crippen LogP contribution >= 0.6 is 11.6 Å². The Kier molecular flexibility index (Phi) is 8.09. The molecule has 2 heterocycles. The van der Waals surface area contributed by atoms with Gasteiger partial charge in [0.1, 0.15) is 16.7 Å². The Morgan fingerprint density at radius 3 is 2.57 bits per heavy atom. The predicted molar refractivity (Wildman–Crippen MR) is 141 cm³/mol. The highest BCUT2D eigenvalue weighted by Gasteiger charge is 2.21. The van der Waals surface area contributed by atoms with Gasteiger partial charge in [0.2, 0.25) is 0 Å². The Labute approximate surface area is 211 Å². The summed E-state index contributed by atoms with van der Waals surface area (Å²) in [5.41, 5.74) is 2.79. The zero-order chi connectivity index (χ0) is 24.8. The van der Waals surface area contributed by atoms with Crippen molar-refractivity contribution in [2.75, 3.05) is 31.6 Å². The van der Waals surface area contributed by atoms with E-state index < -0.39 is 11.0 Å². The fourth-order valence-corrected chi connectivity index (χ4v) is 4.92. The zero-order valence-corrected chi connectivity index (χ0v) is 20.6. The number of nitrogens with one attached hydrogen (secondary N) is 1. The average molecular weight is 509 g/mol. The molecule has 2 aromatic carbocycles. The first-order chi connectivity index (χ1) is 17.0. The molecule has 0 radical (unpaired) electrons. The van der Waals surface area contributed by atoms with E-state index >= 15 is 0 Å². The molecule has 7 nitrogen and oxygen atoms in total. The van der Waals surface area contributed by atoms with Crippen LogP contribution in [0.1, 0.15) is 10.4 Å². The van der Waals surface area contributed by atoms with Gasteiger partial charge in [-0.25, -0.2) is 13.2 Å². The lowest BCUT2D eigenvalue weighted by atomic mass is 10.1. The lowest BCUT2D eigenvalue weighted by molar-refractivity contribution is 0.0752. The quantitative estimate of drug-likeness (QED) is 0.433. The van der Waals surface area contributed by atoms with Gasteiger partial charge in [0.15, 0.2) is 0 Å². The highest BCUT2D eigenvalue weighted by molar-refractivity contribution is 7.82. The molecular formula is C26H25ClN4O3S. The van der Waals surface area contributed by atoms with Gasteiger partial charge in [-0.1, -0.05) is 49.0 Å². The SMILES string of the molecule is C=C/C=C(\C=C)n1cc(C(=O)Nc2cccc(S(=O)N3CCOCC3)c2)c(-c2ccc(Cl)cc2)n1. The highest BCUT2D eigenvalue weighted by atomic mass is 35.5. The normalized spacial score (nSPS) is 15.4. The maximum atomic E-state index is 13.4. The van der Waals surface area contributed by atoms with Crippen LogP contribution < -0.4 is 5.32 Å². The summed E-state index contributed by atoms with van der Waals surface area (Å²) < 4.78 is 21.7. The van der Waals surface area contributed by atoms with Gasteiger partial charge < -0.3 is 10.1 Å². The number of morpholine rings is 1. The lowest BCUT2D eigenvalue weighted by Gasteiger charge is -2.25. The average Bonchev–Trinajstić information content (AvgIpc) is 3.33. The third kappa shape index (κ3) is 5.86. The Morgan fingerprint density at radius 1 is 1.14 bits per heavy atom. The third-order valence-corrected chi connectivity index (χ3v) is 7.08. The van der Waals surface area contributed by atoms with Crippen LogP contribution in [0, 0.1) is 0 Å². The van der Waals surface area contributed by atoms with Crippen LogP contribution in [0.5, 0.6) is 0 Å². The maximum absolute atomic E-state index is 13.4. The summed E-state index contributed by atoms with van der Waals surface area (Å²) in [5, 5.41) is 8.13. The topological polar surface area (TPSA) is 76.5 Å². The number of allylic oxidation sites excluding steroid dienone is 4. The number of ether oxygens (including phenoxy) is 1. The first kappa shape index (κ1) is 24.8. The summed E-state index contributed by atoms with van der Waals surface area (Å²) in [6.07, 6.45) is 6.65. The van der Waals surface area contributed by atoms with Crippen molar-refractivity contribution in [2.24, 2.45) is 0 Å². The van der Waals surface area contributed by atoms with Gasteiger partial charge in [0.25, 0.3) is 5.91 Å². The van der Waals surface area contributed by atoms with Gasteiger partial charge in [-0.15, -0.1) is 0 Å². The Balaban J connectivity index is 1.64. The number of carbonyl (C=O) groups excluding carboxylic acids is 1. The number of aromatic nitrogens is 2. The number of halogens is 1. The van der Waals surface area contributed by atoms with E-state index in [9.17, 15) is 9.00 Å². The van der Waals surface area contributed by atoms with Gasteiger partial charge in [0, 0.05) is 35.6 Å². The standard InChI is InChI=1S/C26H25ClN4O3S/c1-3-6-22(4-2)31-18-24(25(29-31)19-9-11-20(27)12-10-19)26(32)28-21-7-5-8-23(17-21)35(33)30-13-15-34-16-14-30/h3-12,17-18H,1-2,13-16H2,(H,28,32)/b22-6+. The molecule has 1 N–H and O–H groups in total. The summed E-state index contributed by atoms with van der Waals surface area (Å²) in [6.45, 7) is 9.83. The van der Waals surface area contributed by atoms with Crippen molar-refractivity contribution >= 4 is 39.9 Å². The minimum atomic E-state index is -1.34. The summed E-state index contributed by atoms with van der Waals surface area (Å²) >= 11 is 6.05. The molecule has 0 aliphatic carbocycles. The molecule has 0 spiro atoms. The number of amides is 1. The Morgan fingerprint density at radius 2 is 1.89 bits per heavy atom. The molecule has 1 aliphatic heterocycles. The van der Waals surface area contributed by atoms with Crippen molar-refractivity contribution in [3.05, 3.63) is 96.7 Å². The monoisotopic (exact) mass is 508 g/mol. The molecule has 1 unspecified atom stereocenters. The minimum absolute atomic E-state index is 0.350. The summed E-state index contributed by atoms with van der Waals surface area (Å²) in [6, 6.07) is 14.2. The van der Waals surface area contributed by atoms with Crippen molar-refractivity contribution in [1.82, 2.24) is 14.1 Å². The van der Waals surface area contributed by atoms with E-state index in [1.54, 1.807) is 65.5 Å². The van der Waals surface area contributed by atoms with Crippen molar-refractivity contribution in [3.8, 4) is 11.3 Å². The highest BCUT2D eigenvalue weighted by Crippen LogP contribution is 2.27. The second-order valence-corrected chi connectivity index (χ2v) is 9.57. The van der Waals surface area contributed by atoms with Crippen LogP contribution in [-0.4, -0.2) is 50.5 Å². The van der Waals surface area contributed by atoms with Crippen LogP contribution in [0.3, 0.4) is 0 Å². The number of benzene rings is 2. The number of anilines is 1. The number of carbonyl (C=O) groups is 1. The molecule has 1 fully saturated rings. The zero-order valence-electron chi connectivity index (χ0n) is 19.0. The molecule has 1 amide bonds. The molecule has 180 valence electrons. The van der Waals surface area contributed by atoms with E-state index in [4.69, 9.17) is 16.3 Å². The molecular weight excluding hydrogens is 484 g/mol. The molecule has 0 saturated carbocycles. The molecule has 1 saturated heterocycles. The number of hydrogen-bond donors (Lipinski definition) is 1. The minimum Gasteiger partial charge on any atom is -0.379 e. The van der Waals surface area contributed by atoms with E-state index in [1.165, 1.54) is 0 Å². The smallest absolute Gasteiger partial charge is 0.259 e. The van der Waals surface area contributed by atoms with E-state index in [0.717, 1.165) is 5.56 Å². The molecule has 0 bridgehead atoms. The second kappa shape index (κ2) is 11.4. The maximum Gasteiger partial charge on any atom is 0.259 e. The van der Waals surface area contributed by atoms with E-state index in [1.807, 2.05) is 16.4 Å². The van der Waals surface area contributed by atoms with E-state index in [2.05, 4.69) is 23.6 Å². The largest absolute Gasteiger partial charge is 0.379 e. The number of rotatable bonds is 8. The van der Waals surface area contributed by atoms with Crippen LogP contribution in [0.4, 0.5) is 5.69 Å². The van der Waals surface area contributed by atoms with Crippen LogP contribution in [0.15, 0.2) is 91.0 Å².